The Kier molecular flexibility index (Phi) is 6.66. The van der Waals surface area contributed by atoms with Gasteiger partial charge in [0.2, 0.25) is 5.91 Å². The van der Waals surface area contributed by atoms with Crippen LogP contribution in [0.3, 0.4) is 0 Å². The summed E-state index contributed by atoms with van der Waals surface area (Å²) in [6.07, 6.45) is -4.93. The lowest BCUT2D eigenvalue weighted by atomic mass is 9.85. The topological polar surface area (TPSA) is 92.4 Å². The predicted molar refractivity (Wildman–Crippen MR) is 71.4 cm³/mol. The minimum absolute atomic E-state index is 0.00856. The Balaban J connectivity index is 4.75. The molecule has 0 fully saturated rings. The third-order valence-electron chi connectivity index (χ3n) is 3.16. The number of rotatable bonds is 7. The highest BCUT2D eigenvalue weighted by molar-refractivity contribution is 5.86. The van der Waals surface area contributed by atoms with Crippen LogP contribution in [0.5, 0.6) is 0 Å². The second kappa shape index (κ2) is 7.11. The van der Waals surface area contributed by atoms with Crippen LogP contribution in [0.2, 0.25) is 0 Å². The maximum atomic E-state index is 12.7. The summed E-state index contributed by atoms with van der Waals surface area (Å²) >= 11 is 0. The molecule has 1 amide bonds. The number of carboxylic acid groups (broad SMARTS) is 1. The summed E-state index contributed by atoms with van der Waals surface area (Å²) in [5.74, 6) is -2.12. The highest BCUT2D eigenvalue weighted by atomic mass is 19.4. The van der Waals surface area contributed by atoms with Gasteiger partial charge in [0.05, 0.1) is 11.5 Å². The Morgan fingerprint density at radius 1 is 1.24 bits per heavy atom. The van der Waals surface area contributed by atoms with Crippen molar-refractivity contribution < 1.29 is 27.9 Å². The van der Waals surface area contributed by atoms with Gasteiger partial charge in [-0.15, -0.1) is 0 Å². The molecule has 0 saturated heterocycles. The SMILES string of the molecule is CC(C)CC(NC(=O)[C@@H](N)CC(C)(C)C(F)(F)F)C(=O)O. The Labute approximate surface area is 122 Å². The molecule has 0 spiro atoms. The Morgan fingerprint density at radius 3 is 2.05 bits per heavy atom. The summed E-state index contributed by atoms with van der Waals surface area (Å²) < 4.78 is 38.2. The highest BCUT2D eigenvalue weighted by Crippen LogP contribution is 2.40. The van der Waals surface area contributed by atoms with Gasteiger partial charge in [0.1, 0.15) is 6.04 Å². The van der Waals surface area contributed by atoms with E-state index in [1.54, 1.807) is 13.8 Å². The van der Waals surface area contributed by atoms with E-state index in [4.69, 9.17) is 10.8 Å². The molecule has 1 unspecified atom stereocenters. The minimum Gasteiger partial charge on any atom is -0.480 e. The van der Waals surface area contributed by atoms with Gasteiger partial charge < -0.3 is 16.2 Å². The van der Waals surface area contributed by atoms with Crippen molar-refractivity contribution in [2.45, 2.75) is 58.8 Å². The Hall–Kier alpha value is -1.31. The molecule has 0 saturated carbocycles. The molecule has 21 heavy (non-hydrogen) atoms. The molecule has 0 heterocycles. The van der Waals surface area contributed by atoms with E-state index < -0.39 is 42.0 Å². The van der Waals surface area contributed by atoms with E-state index in [1.165, 1.54) is 0 Å². The second-order valence-corrected chi connectivity index (χ2v) is 6.22. The summed E-state index contributed by atoms with van der Waals surface area (Å²) in [5.41, 5.74) is 3.35. The molecule has 0 aromatic rings. The molecule has 0 bridgehead atoms. The molecular formula is C13H23F3N2O3. The van der Waals surface area contributed by atoms with Crippen LogP contribution in [-0.2, 0) is 9.59 Å². The highest BCUT2D eigenvalue weighted by Gasteiger charge is 2.48. The van der Waals surface area contributed by atoms with Gasteiger partial charge in [-0.05, 0) is 18.8 Å². The smallest absolute Gasteiger partial charge is 0.394 e. The zero-order chi connectivity index (χ0) is 17.0. The molecule has 0 radical (unpaired) electrons. The van der Waals surface area contributed by atoms with Gasteiger partial charge in [-0.25, -0.2) is 4.79 Å². The fraction of sp³-hybridized carbons (Fsp3) is 0.846. The molecule has 4 N–H and O–H groups in total. The maximum absolute atomic E-state index is 12.7. The maximum Gasteiger partial charge on any atom is 0.394 e. The van der Waals surface area contributed by atoms with Gasteiger partial charge >= 0.3 is 12.1 Å². The van der Waals surface area contributed by atoms with E-state index in [-0.39, 0.29) is 12.3 Å². The molecular weight excluding hydrogens is 289 g/mol. The van der Waals surface area contributed by atoms with Gasteiger partial charge in [-0.3, -0.25) is 4.79 Å². The predicted octanol–water partition coefficient (Wildman–Crippen LogP) is 1.91. The molecule has 0 aromatic carbocycles. The van der Waals surface area contributed by atoms with Crippen LogP contribution in [0.15, 0.2) is 0 Å². The third kappa shape index (κ3) is 6.33. The van der Waals surface area contributed by atoms with Crippen LogP contribution in [-0.4, -0.2) is 35.2 Å². The number of hydrogen-bond acceptors (Lipinski definition) is 3. The molecule has 0 rings (SSSR count). The number of carbonyl (C=O) groups is 2. The van der Waals surface area contributed by atoms with Gasteiger partial charge in [0.25, 0.3) is 0 Å². The summed E-state index contributed by atoms with van der Waals surface area (Å²) in [6.45, 7) is 5.44. The number of carboxylic acids is 1. The first-order valence-corrected chi connectivity index (χ1v) is 6.63. The van der Waals surface area contributed by atoms with Gasteiger partial charge in [-0.2, -0.15) is 13.2 Å². The number of nitrogens with two attached hydrogens (primary N) is 1. The third-order valence-corrected chi connectivity index (χ3v) is 3.16. The van der Waals surface area contributed by atoms with Crippen molar-refractivity contribution in [2.75, 3.05) is 0 Å². The van der Waals surface area contributed by atoms with E-state index >= 15 is 0 Å². The Bertz CT molecular complexity index is 381. The van der Waals surface area contributed by atoms with Crippen molar-refractivity contribution in [3.63, 3.8) is 0 Å². The fourth-order valence-electron chi connectivity index (χ4n) is 1.73. The van der Waals surface area contributed by atoms with Gasteiger partial charge in [-0.1, -0.05) is 27.7 Å². The second-order valence-electron chi connectivity index (χ2n) is 6.22. The van der Waals surface area contributed by atoms with Crippen molar-refractivity contribution in [1.82, 2.24) is 5.32 Å². The van der Waals surface area contributed by atoms with Crippen molar-refractivity contribution in [3.8, 4) is 0 Å². The van der Waals surface area contributed by atoms with Gasteiger partial charge in [0, 0.05) is 0 Å². The first kappa shape index (κ1) is 19.7. The zero-order valence-corrected chi connectivity index (χ0v) is 12.6. The standard InChI is InChI=1S/C13H23F3N2O3/c1-7(2)5-9(11(20)21)18-10(19)8(17)6-12(3,4)13(14,15)16/h7-9H,5-6,17H2,1-4H3,(H,18,19)(H,20,21)/t8-,9?/m0/s1. The number of amides is 1. The first-order chi connectivity index (χ1) is 9.28. The van der Waals surface area contributed by atoms with E-state index in [2.05, 4.69) is 5.32 Å². The minimum atomic E-state index is -4.49. The normalized spacial score (nSPS) is 15.7. The van der Waals surface area contributed by atoms with Crippen molar-refractivity contribution in [2.24, 2.45) is 17.1 Å². The van der Waals surface area contributed by atoms with E-state index in [0.717, 1.165) is 13.8 Å². The Morgan fingerprint density at radius 2 is 1.71 bits per heavy atom. The number of nitrogens with one attached hydrogen (secondary N) is 1. The number of carbonyl (C=O) groups excluding carboxylic acids is 1. The fourth-order valence-corrected chi connectivity index (χ4v) is 1.73. The molecule has 0 aliphatic rings. The van der Waals surface area contributed by atoms with Gasteiger partial charge in [0.15, 0.2) is 0 Å². The molecule has 0 aliphatic heterocycles. The molecule has 0 aromatic heterocycles. The van der Waals surface area contributed by atoms with Crippen LogP contribution in [0.4, 0.5) is 13.2 Å². The average molecular weight is 312 g/mol. The van der Waals surface area contributed by atoms with Crippen molar-refractivity contribution >= 4 is 11.9 Å². The van der Waals surface area contributed by atoms with Crippen LogP contribution in [0.1, 0.15) is 40.5 Å². The molecule has 5 nitrogen and oxygen atoms in total. The first-order valence-electron chi connectivity index (χ1n) is 6.63. The van der Waals surface area contributed by atoms with Crippen molar-refractivity contribution in [3.05, 3.63) is 0 Å². The quantitative estimate of drug-likeness (QED) is 0.669. The average Bonchev–Trinajstić information content (AvgIpc) is 2.24. The van der Waals surface area contributed by atoms with Crippen LogP contribution in [0, 0.1) is 11.3 Å². The molecule has 0 aliphatic carbocycles. The van der Waals surface area contributed by atoms with E-state index in [0.29, 0.717) is 0 Å². The summed E-state index contributed by atoms with van der Waals surface area (Å²) in [7, 11) is 0. The number of halogens is 3. The molecule has 2 atom stereocenters. The lowest BCUT2D eigenvalue weighted by Gasteiger charge is -2.30. The largest absolute Gasteiger partial charge is 0.480 e. The molecule has 8 heteroatoms. The van der Waals surface area contributed by atoms with Crippen LogP contribution >= 0.6 is 0 Å². The zero-order valence-electron chi connectivity index (χ0n) is 12.6. The van der Waals surface area contributed by atoms with Crippen LogP contribution in [0.25, 0.3) is 0 Å². The van der Waals surface area contributed by atoms with Crippen LogP contribution < -0.4 is 11.1 Å². The summed E-state index contributed by atoms with van der Waals surface area (Å²) in [5, 5.41) is 11.2. The van der Waals surface area contributed by atoms with E-state index in [9.17, 15) is 22.8 Å². The summed E-state index contributed by atoms with van der Waals surface area (Å²) in [4.78, 5) is 22.8. The number of alkyl halides is 3. The number of aliphatic carboxylic acids is 1. The molecule has 124 valence electrons. The summed E-state index contributed by atoms with van der Waals surface area (Å²) in [6, 6.07) is -2.58. The lowest BCUT2D eigenvalue weighted by molar-refractivity contribution is -0.214. The number of hydrogen-bond donors (Lipinski definition) is 3. The monoisotopic (exact) mass is 312 g/mol. The van der Waals surface area contributed by atoms with E-state index in [1.807, 2.05) is 0 Å². The van der Waals surface area contributed by atoms with Crippen molar-refractivity contribution in [1.29, 1.82) is 0 Å². The lowest BCUT2D eigenvalue weighted by Crippen LogP contribution is -2.51.